The summed E-state index contributed by atoms with van der Waals surface area (Å²) in [5.41, 5.74) is 4.59. The van der Waals surface area contributed by atoms with Crippen LogP contribution in [0.2, 0.25) is 0 Å². The SMILES string of the molecule is Cc1nnc(N/N=C\c2cccc(OCc3ccccc3)c2)[nH]c1=O. The Morgan fingerprint density at radius 3 is 2.80 bits per heavy atom. The summed E-state index contributed by atoms with van der Waals surface area (Å²) in [5.74, 6) is 0.930. The van der Waals surface area contributed by atoms with E-state index in [0.29, 0.717) is 12.3 Å². The highest BCUT2D eigenvalue weighted by molar-refractivity contribution is 5.80. The number of rotatable bonds is 6. The molecule has 2 N–H and O–H groups in total. The Labute approximate surface area is 144 Å². The van der Waals surface area contributed by atoms with Crippen LogP contribution >= 0.6 is 0 Å². The predicted octanol–water partition coefficient (Wildman–Crippen LogP) is 2.50. The quantitative estimate of drug-likeness (QED) is 0.533. The fraction of sp³-hybridized carbons (Fsp3) is 0.111. The molecule has 7 heteroatoms. The van der Waals surface area contributed by atoms with E-state index < -0.39 is 0 Å². The standard InChI is InChI=1S/C18H17N5O2/c1-13-17(24)20-18(23-21-13)22-19-11-15-8-5-9-16(10-15)25-12-14-6-3-2-4-7-14/h2-11H,12H2,1H3,(H2,20,22,23,24)/b19-11-. The number of hydrogen-bond donors (Lipinski definition) is 2. The van der Waals surface area contributed by atoms with Crippen LogP contribution in [0, 0.1) is 6.92 Å². The molecule has 3 aromatic rings. The minimum Gasteiger partial charge on any atom is -0.489 e. The van der Waals surface area contributed by atoms with Crippen LogP contribution in [0.4, 0.5) is 5.95 Å². The van der Waals surface area contributed by atoms with Crippen LogP contribution in [0.15, 0.2) is 64.5 Å². The van der Waals surface area contributed by atoms with Crippen molar-refractivity contribution in [2.45, 2.75) is 13.5 Å². The summed E-state index contributed by atoms with van der Waals surface area (Å²) >= 11 is 0. The third kappa shape index (κ3) is 4.74. The fourth-order valence-corrected chi connectivity index (χ4v) is 2.04. The zero-order valence-corrected chi connectivity index (χ0v) is 13.6. The number of aryl methyl sites for hydroxylation is 1. The first-order valence-corrected chi connectivity index (χ1v) is 7.70. The van der Waals surface area contributed by atoms with Gasteiger partial charge in [-0.25, -0.2) is 5.43 Å². The molecule has 0 fully saturated rings. The van der Waals surface area contributed by atoms with Gasteiger partial charge in [-0.15, -0.1) is 10.2 Å². The zero-order chi connectivity index (χ0) is 17.5. The van der Waals surface area contributed by atoms with Crippen LogP contribution < -0.4 is 15.7 Å². The second-order valence-electron chi connectivity index (χ2n) is 5.30. The van der Waals surface area contributed by atoms with Gasteiger partial charge in [-0.05, 0) is 30.2 Å². The lowest BCUT2D eigenvalue weighted by molar-refractivity contribution is 0.306. The molecule has 0 amide bonds. The summed E-state index contributed by atoms with van der Waals surface area (Å²) in [6.45, 7) is 2.08. The van der Waals surface area contributed by atoms with Crippen LogP contribution in [0.25, 0.3) is 0 Å². The zero-order valence-electron chi connectivity index (χ0n) is 13.6. The smallest absolute Gasteiger partial charge is 0.274 e. The van der Waals surface area contributed by atoms with E-state index in [1.165, 1.54) is 0 Å². The number of benzene rings is 2. The van der Waals surface area contributed by atoms with Crippen molar-refractivity contribution in [1.29, 1.82) is 0 Å². The Kier molecular flexibility index (Phi) is 5.16. The number of ether oxygens (including phenoxy) is 1. The van der Waals surface area contributed by atoms with Gasteiger partial charge in [-0.2, -0.15) is 5.10 Å². The maximum Gasteiger partial charge on any atom is 0.274 e. The van der Waals surface area contributed by atoms with E-state index in [-0.39, 0.29) is 11.5 Å². The van der Waals surface area contributed by atoms with Crippen LogP contribution in [-0.4, -0.2) is 21.4 Å². The van der Waals surface area contributed by atoms with Gasteiger partial charge in [0.25, 0.3) is 5.56 Å². The average Bonchev–Trinajstić information content (AvgIpc) is 2.64. The first-order chi connectivity index (χ1) is 12.2. The third-order valence-electron chi connectivity index (χ3n) is 3.35. The lowest BCUT2D eigenvalue weighted by Crippen LogP contribution is -2.15. The lowest BCUT2D eigenvalue weighted by Gasteiger charge is -2.06. The van der Waals surface area contributed by atoms with Gasteiger partial charge in [0, 0.05) is 0 Å². The summed E-state index contributed by atoms with van der Waals surface area (Å²) in [6, 6.07) is 17.5. The van der Waals surface area contributed by atoms with E-state index in [1.54, 1.807) is 13.1 Å². The molecule has 1 heterocycles. The molecule has 2 aromatic carbocycles. The van der Waals surface area contributed by atoms with Gasteiger partial charge in [0.05, 0.1) is 6.21 Å². The Morgan fingerprint density at radius 2 is 2.00 bits per heavy atom. The minimum absolute atomic E-state index is 0.184. The molecule has 7 nitrogen and oxygen atoms in total. The molecule has 1 aromatic heterocycles. The number of aromatic amines is 1. The van der Waals surface area contributed by atoms with E-state index in [2.05, 4.69) is 25.7 Å². The molecule has 0 saturated carbocycles. The second kappa shape index (κ2) is 7.87. The van der Waals surface area contributed by atoms with Gasteiger partial charge in [0.1, 0.15) is 18.1 Å². The Balaban J connectivity index is 1.61. The molecule has 25 heavy (non-hydrogen) atoms. The number of aromatic nitrogens is 3. The molecule has 0 radical (unpaired) electrons. The Morgan fingerprint density at radius 1 is 1.16 bits per heavy atom. The van der Waals surface area contributed by atoms with Crippen molar-refractivity contribution in [3.8, 4) is 5.75 Å². The number of hydrogen-bond acceptors (Lipinski definition) is 6. The molecule has 0 aliphatic heterocycles. The van der Waals surface area contributed by atoms with Crippen LogP contribution in [0.3, 0.4) is 0 Å². The first kappa shape index (κ1) is 16.4. The average molecular weight is 335 g/mol. The van der Waals surface area contributed by atoms with Crippen molar-refractivity contribution in [2.75, 3.05) is 5.43 Å². The van der Waals surface area contributed by atoms with E-state index in [0.717, 1.165) is 16.9 Å². The van der Waals surface area contributed by atoms with Gasteiger partial charge in [0.2, 0.25) is 5.95 Å². The van der Waals surface area contributed by atoms with Crippen molar-refractivity contribution in [3.05, 3.63) is 81.8 Å². The molecule has 0 saturated heterocycles. The number of H-pyrrole nitrogens is 1. The maximum atomic E-state index is 11.4. The molecular weight excluding hydrogens is 318 g/mol. The third-order valence-corrected chi connectivity index (χ3v) is 3.35. The van der Waals surface area contributed by atoms with E-state index in [1.807, 2.05) is 54.6 Å². The van der Waals surface area contributed by atoms with Gasteiger partial charge in [-0.3, -0.25) is 9.78 Å². The molecule has 0 aliphatic carbocycles. The summed E-state index contributed by atoms with van der Waals surface area (Å²) in [4.78, 5) is 14.0. The second-order valence-corrected chi connectivity index (χ2v) is 5.30. The highest BCUT2D eigenvalue weighted by atomic mass is 16.5. The molecule has 126 valence electrons. The maximum absolute atomic E-state index is 11.4. The van der Waals surface area contributed by atoms with Crippen molar-refractivity contribution in [2.24, 2.45) is 5.10 Å². The van der Waals surface area contributed by atoms with Crippen molar-refractivity contribution in [1.82, 2.24) is 15.2 Å². The van der Waals surface area contributed by atoms with Gasteiger partial charge in [0.15, 0.2) is 0 Å². The molecule has 0 unspecified atom stereocenters. The highest BCUT2D eigenvalue weighted by Crippen LogP contribution is 2.14. The predicted molar refractivity (Wildman–Crippen MR) is 95.8 cm³/mol. The van der Waals surface area contributed by atoms with E-state index in [9.17, 15) is 4.79 Å². The number of anilines is 1. The molecule has 0 spiro atoms. The minimum atomic E-state index is -0.302. The van der Waals surface area contributed by atoms with E-state index >= 15 is 0 Å². The van der Waals surface area contributed by atoms with Gasteiger partial charge in [-0.1, -0.05) is 42.5 Å². The van der Waals surface area contributed by atoms with Crippen molar-refractivity contribution >= 4 is 12.2 Å². The molecule has 0 bridgehead atoms. The van der Waals surface area contributed by atoms with Crippen molar-refractivity contribution in [3.63, 3.8) is 0 Å². The number of nitrogens with one attached hydrogen (secondary N) is 2. The largest absolute Gasteiger partial charge is 0.489 e. The van der Waals surface area contributed by atoms with Crippen LogP contribution in [-0.2, 0) is 6.61 Å². The van der Waals surface area contributed by atoms with Gasteiger partial charge >= 0.3 is 0 Å². The van der Waals surface area contributed by atoms with Crippen molar-refractivity contribution < 1.29 is 4.74 Å². The summed E-state index contributed by atoms with van der Waals surface area (Å²) in [7, 11) is 0. The number of nitrogens with zero attached hydrogens (tertiary/aromatic N) is 3. The first-order valence-electron chi connectivity index (χ1n) is 7.70. The number of hydrazone groups is 1. The molecular formula is C18H17N5O2. The summed E-state index contributed by atoms with van der Waals surface area (Å²) in [6.07, 6.45) is 1.61. The topological polar surface area (TPSA) is 92.3 Å². The fourth-order valence-electron chi connectivity index (χ4n) is 2.04. The summed E-state index contributed by atoms with van der Waals surface area (Å²) < 4.78 is 5.77. The molecule has 0 atom stereocenters. The Bertz CT molecular complexity index is 922. The van der Waals surface area contributed by atoms with E-state index in [4.69, 9.17) is 4.74 Å². The highest BCUT2D eigenvalue weighted by Gasteiger charge is 1.99. The van der Waals surface area contributed by atoms with Crippen LogP contribution in [0.1, 0.15) is 16.8 Å². The molecule has 3 rings (SSSR count). The Hall–Kier alpha value is -3.48. The molecule has 0 aliphatic rings. The normalized spacial score (nSPS) is 10.8. The summed E-state index contributed by atoms with van der Waals surface area (Å²) in [5, 5.41) is 11.6. The monoisotopic (exact) mass is 335 g/mol. The van der Waals surface area contributed by atoms with Crippen LogP contribution in [0.5, 0.6) is 5.75 Å². The van der Waals surface area contributed by atoms with Gasteiger partial charge < -0.3 is 4.74 Å². The lowest BCUT2D eigenvalue weighted by atomic mass is 10.2.